The van der Waals surface area contributed by atoms with Crippen molar-refractivity contribution in [3.8, 4) is 0 Å². The summed E-state index contributed by atoms with van der Waals surface area (Å²) in [6, 6.07) is 3.51. The molecule has 0 spiro atoms. The van der Waals surface area contributed by atoms with Crippen molar-refractivity contribution >= 4 is 29.2 Å². The van der Waals surface area contributed by atoms with Gasteiger partial charge in [0.1, 0.15) is 5.82 Å². The highest BCUT2D eigenvalue weighted by Crippen LogP contribution is 2.47. The molecule has 100 valence electrons. The van der Waals surface area contributed by atoms with E-state index in [1.807, 2.05) is 6.92 Å². The number of nitrogens with zero attached hydrogens (tertiary/aromatic N) is 2. The average Bonchev–Trinajstić information content (AvgIpc) is 3.14. The van der Waals surface area contributed by atoms with Crippen molar-refractivity contribution in [3.05, 3.63) is 22.8 Å². The lowest BCUT2D eigenvalue weighted by molar-refractivity contribution is -0.142. The van der Waals surface area contributed by atoms with E-state index in [0.29, 0.717) is 23.0 Å². The van der Waals surface area contributed by atoms with E-state index in [1.54, 1.807) is 12.1 Å². The Hall–Kier alpha value is -1.62. The third-order valence-electron chi connectivity index (χ3n) is 3.54. The lowest BCUT2D eigenvalue weighted by Gasteiger charge is -2.17. The maximum absolute atomic E-state index is 11.9. The van der Waals surface area contributed by atoms with Gasteiger partial charge < -0.3 is 5.32 Å². The van der Waals surface area contributed by atoms with Crippen molar-refractivity contribution in [3.63, 3.8) is 0 Å². The van der Waals surface area contributed by atoms with Gasteiger partial charge in [-0.2, -0.15) is 0 Å². The van der Waals surface area contributed by atoms with Gasteiger partial charge in [-0.05, 0) is 25.5 Å². The highest BCUT2D eigenvalue weighted by atomic mass is 35.5. The summed E-state index contributed by atoms with van der Waals surface area (Å²) in [4.78, 5) is 29.4. The molecule has 1 aromatic heterocycles. The molecule has 0 aromatic carbocycles. The summed E-state index contributed by atoms with van der Waals surface area (Å²) < 4.78 is 0. The van der Waals surface area contributed by atoms with E-state index in [4.69, 9.17) is 11.6 Å². The summed E-state index contributed by atoms with van der Waals surface area (Å²) in [6.07, 6.45) is 0.715. The lowest BCUT2D eigenvalue weighted by atomic mass is 10.3. The fraction of sp³-hybridized carbons (Fsp3) is 0.462. The highest BCUT2D eigenvalue weighted by Gasteiger charge is 2.58. The predicted octanol–water partition coefficient (Wildman–Crippen LogP) is 1.67. The summed E-state index contributed by atoms with van der Waals surface area (Å²) >= 11 is 6.08. The topological polar surface area (TPSA) is 62.3 Å². The molecule has 2 aliphatic rings. The van der Waals surface area contributed by atoms with Crippen LogP contribution >= 0.6 is 11.6 Å². The van der Waals surface area contributed by atoms with Crippen LogP contribution in [0.15, 0.2) is 12.1 Å². The Morgan fingerprint density at radius 2 is 2.05 bits per heavy atom. The molecule has 19 heavy (non-hydrogen) atoms. The molecular weight excluding hydrogens is 266 g/mol. The molecule has 0 bridgehead atoms. The molecule has 1 aliphatic heterocycles. The van der Waals surface area contributed by atoms with Crippen LogP contribution in [-0.2, 0) is 16.1 Å². The van der Waals surface area contributed by atoms with Gasteiger partial charge in [0.25, 0.3) is 0 Å². The zero-order valence-electron chi connectivity index (χ0n) is 10.5. The number of aromatic nitrogens is 1. The van der Waals surface area contributed by atoms with E-state index in [9.17, 15) is 9.59 Å². The third-order valence-corrected chi connectivity index (χ3v) is 3.89. The number of hydrogen-bond acceptors (Lipinski definition) is 4. The predicted molar refractivity (Wildman–Crippen MR) is 70.6 cm³/mol. The summed E-state index contributed by atoms with van der Waals surface area (Å²) in [7, 11) is 0. The summed E-state index contributed by atoms with van der Waals surface area (Å²) in [5.74, 6) is 0.376. The molecule has 6 heteroatoms. The maximum atomic E-state index is 11.9. The molecule has 5 nitrogen and oxygen atoms in total. The van der Waals surface area contributed by atoms with Crippen LogP contribution in [0.1, 0.15) is 19.0 Å². The van der Waals surface area contributed by atoms with E-state index in [0.717, 1.165) is 6.54 Å². The molecular formula is C13H14ClN3O2. The first-order chi connectivity index (χ1) is 9.11. The van der Waals surface area contributed by atoms with Crippen LogP contribution < -0.4 is 5.32 Å². The SMILES string of the molecule is CCNc1ccc(Cl)c(CN2C(=O)C3CC3C2=O)n1. The second-order valence-corrected chi connectivity index (χ2v) is 5.27. The Kier molecular flexibility index (Phi) is 2.93. The molecule has 2 atom stereocenters. The van der Waals surface area contributed by atoms with E-state index in [2.05, 4.69) is 10.3 Å². The third kappa shape index (κ3) is 2.08. The van der Waals surface area contributed by atoms with E-state index in [1.165, 1.54) is 4.90 Å². The van der Waals surface area contributed by atoms with Crippen LogP contribution in [0.2, 0.25) is 5.02 Å². The van der Waals surface area contributed by atoms with Crippen LogP contribution in [0, 0.1) is 11.8 Å². The first-order valence-electron chi connectivity index (χ1n) is 6.36. The number of fused-ring (bicyclic) bond motifs is 1. The van der Waals surface area contributed by atoms with E-state index >= 15 is 0 Å². The quantitative estimate of drug-likeness (QED) is 0.852. The second kappa shape index (κ2) is 4.49. The van der Waals surface area contributed by atoms with Crippen LogP contribution in [0.5, 0.6) is 0 Å². The molecule has 1 aliphatic carbocycles. The molecule has 1 saturated heterocycles. The van der Waals surface area contributed by atoms with Crippen LogP contribution in [0.25, 0.3) is 0 Å². The normalized spacial score (nSPS) is 24.6. The largest absolute Gasteiger partial charge is 0.370 e. The minimum atomic E-state index is -0.0817. The number of piperidine rings is 1. The van der Waals surface area contributed by atoms with E-state index < -0.39 is 0 Å². The van der Waals surface area contributed by atoms with Crippen LogP contribution in [-0.4, -0.2) is 28.2 Å². The molecule has 2 unspecified atom stereocenters. The number of rotatable bonds is 4. The minimum Gasteiger partial charge on any atom is -0.370 e. The van der Waals surface area contributed by atoms with Crippen molar-refractivity contribution in [1.82, 2.24) is 9.88 Å². The Balaban J connectivity index is 1.81. The van der Waals surface area contributed by atoms with Gasteiger partial charge in [0.15, 0.2) is 0 Å². The number of halogens is 1. The number of imide groups is 1. The molecule has 2 heterocycles. The molecule has 0 radical (unpaired) electrons. The van der Waals surface area contributed by atoms with Crippen molar-refractivity contribution in [2.24, 2.45) is 11.8 Å². The van der Waals surface area contributed by atoms with Crippen LogP contribution in [0.3, 0.4) is 0 Å². The minimum absolute atomic E-state index is 0.0803. The van der Waals surface area contributed by atoms with Gasteiger partial charge in [0.2, 0.25) is 11.8 Å². The van der Waals surface area contributed by atoms with E-state index in [-0.39, 0.29) is 30.2 Å². The van der Waals surface area contributed by atoms with Gasteiger partial charge in [-0.3, -0.25) is 14.5 Å². The number of hydrogen-bond donors (Lipinski definition) is 1. The van der Waals surface area contributed by atoms with Gasteiger partial charge in [-0.1, -0.05) is 11.6 Å². The first-order valence-corrected chi connectivity index (χ1v) is 6.74. The van der Waals surface area contributed by atoms with Gasteiger partial charge in [0, 0.05) is 6.54 Å². The zero-order valence-corrected chi connectivity index (χ0v) is 11.3. The second-order valence-electron chi connectivity index (χ2n) is 4.87. The number of carbonyl (C=O) groups is 2. The smallest absolute Gasteiger partial charge is 0.233 e. The molecule has 1 saturated carbocycles. The Morgan fingerprint density at radius 1 is 1.37 bits per heavy atom. The highest BCUT2D eigenvalue weighted by molar-refractivity contribution is 6.31. The fourth-order valence-corrected chi connectivity index (χ4v) is 2.60. The first kappa shape index (κ1) is 12.4. The summed E-state index contributed by atoms with van der Waals surface area (Å²) in [6.45, 7) is 2.89. The number of carbonyl (C=O) groups excluding carboxylic acids is 2. The summed E-state index contributed by atoms with van der Waals surface area (Å²) in [5.41, 5.74) is 0.558. The molecule has 2 amide bonds. The number of amides is 2. The van der Waals surface area contributed by atoms with Crippen molar-refractivity contribution in [2.75, 3.05) is 11.9 Å². The Bertz CT molecular complexity index is 541. The zero-order chi connectivity index (χ0) is 13.6. The van der Waals surface area contributed by atoms with Crippen molar-refractivity contribution in [2.45, 2.75) is 19.9 Å². The monoisotopic (exact) mass is 279 g/mol. The average molecular weight is 280 g/mol. The standard InChI is InChI=1S/C13H14ClN3O2/c1-2-15-11-4-3-9(14)10(16-11)6-17-12(18)7-5-8(7)13(17)19/h3-4,7-8H,2,5-6H2,1H3,(H,15,16). The summed E-state index contributed by atoms with van der Waals surface area (Å²) in [5, 5.41) is 3.56. The number of anilines is 1. The van der Waals surface area contributed by atoms with Gasteiger partial charge in [-0.25, -0.2) is 4.98 Å². The van der Waals surface area contributed by atoms with Crippen molar-refractivity contribution in [1.29, 1.82) is 0 Å². The van der Waals surface area contributed by atoms with Crippen molar-refractivity contribution < 1.29 is 9.59 Å². The Labute approximate surface area is 115 Å². The fourth-order valence-electron chi connectivity index (χ4n) is 2.43. The molecule has 2 fully saturated rings. The maximum Gasteiger partial charge on any atom is 0.233 e. The molecule has 1 N–H and O–H groups in total. The van der Waals surface area contributed by atoms with Gasteiger partial charge in [-0.15, -0.1) is 0 Å². The van der Waals surface area contributed by atoms with Crippen LogP contribution in [0.4, 0.5) is 5.82 Å². The Morgan fingerprint density at radius 3 is 2.68 bits per heavy atom. The number of nitrogens with one attached hydrogen (secondary N) is 1. The number of pyridine rings is 1. The van der Waals surface area contributed by atoms with Gasteiger partial charge >= 0.3 is 0 Å². The lowest BCUT2D eigenvalue weighted by Crippen LogP contribution is -2.32. The molecule has 3 rings (SSSR count). The van der Waals surface area contributed by atoms with Gasteiger partial charge in [0.05, 0.1) is 29.1 Å². The number of likely N-dealkylation sites (tertiary alicyclic amines) is 1. The molecule has 1 aromatic rings.